The van der Waals surface area contributed by atoms with Gasteiger partial charge in [0, 0.05) is 18.9 Å². The van der Waals surface area contributed by atoms with Crippen LogP contribution in [0, 0.1) is 0 Å². The molecule has 4 aromatic rings. The number of hydrogen-bond acceptors (Lipinski definition) is 4. The summed E-state index contributed by atoms with van der Waals surface area (Å²) in [5.41, 5.74) is 2.30. The number of sulfonamides is 1. The lowest BCUT2D eigenvalue weighted by Gasteiger charge is -2.26. The zero-order valence-corrected chi connectivity index (χ0v) is 18.7. The van der Waals surface area contributed by atoms with Crippen molar-refractivity contribution in [2.45, 2.75) is 18.0 Å². The molecule has 0 spiro atoms. The van der Waals surface area contributed by atoms with E-state index >= 15 is 0 Å². The van der Waals surface area contributed by atoms with E-state index in [1.165, 1.54) is 4.31 Å². The minimum Gasteiger partial charge on any atom is -0.348 e. The maximum atomic E-state index is 13.7. The van der Waals surface area contributed by atoms with E-state index < -0.39 is 10.0 Å². The fraction of sp³-hybridized carbons (Fsp3) is 0.0769. The molecule has 33 heavy (non-hydrogen) atoms. The number of rotatable bonds is 8. The van der Waals surface area contributed by atoms with Crippen LogP contribution >= 0.6 is 0 Å². The Hall–Kier alpha value is -3.97. The van der Waals surface area contributed by atoms with Gasteiger partial charge in [-0.1, -0.05) is 60.7 Å². The van der Waals surface area contributed by atoms with Crippen molar-refractivity contribution in [1.29, 1.82) is 0 Å². The number of anilines is 1. The van der Waals surface area contributed by atoms with Gasteiger partial charge in [0.2, 0.25) is 0 Å². The highest BCUT2D eigenvalue weighted by molar-refractivity contribution is 7.92. The highest BCUT2D eigenvalue weighted by Crippen LogP contribution is 2.29. The first-order chi connectivity index (χ1) is 16.1. The van der Waals surface area contributed by atoms with E-state index in [2.05, 4.69) is 10.3 Å². The van der Waals surface area contributed by atoms with Crippen LogP contribution in [0.3, 0.4) is 0 Å². The molecule has 4 rings (SSSR count). The second-order valence-corrected chi connectivity index (χ2v) is 9.23. The van der Waals surface area contributed by atoms with Gasteiger partial charge in [-0.2, -0.15) is 0 Å². The van der Waals surface area contributed by atoms with Crippen molar-refractivity contribution in [2.24, 2.45) is 0 Å². The SMILES string of the molecule is O=C(NCc1ccncc1)c1ccccc1N(Cc1ccccc1)S(=O)(=O)c1ccccc1. The molecule has 1 heterocycles. The molecule has 0 unspecified atom stereocenters. The van der Waals surface area contributed by atoms with Gasteiger partial charge < -0.3 is 5.32 Å². The first kappa shape index (κ1) is 22.2. The Kier molecular flexibility index (Phi) is 6.80. The lowest BCUT2D eigenvalue weighted by Crippen LogP contribution is -2.33. The fourth-order valence-corrected chi connectivity index (χ4v) is 4.92. The van der Waals surface area contributed by atoms with Gasteiger partial charge in [-0.3, -0.25) is 14.1 Å². The summed E-state index contributed by atoms with van der Waals surface area (Å²) in [7, 11) is -3.93. The maximum Gasteiger partial charge on any atom is 0.264 e. The van der Waals surface area contributed by atoms with Gasteiger partial charge >= 0.3 is 0 Å². The topological polar surface area (TPSA) is 79.4 Å². The first-order valence-corrected chi connectivity index (χ1v) is 11.9. The van der Waals surface area contributed by atoms with Crippen LogP contribution in [0.4, 0.5) is 5.69 Å². The first-order valence-electron chi connectivity index (χ1n) is 10.4. The van der Waals surface area contributed by atoms with Crippen molar-refractivity contribution >= 4 is 21.6 Å². The van der Waals surface area contributed by atoms with Crippen LogP contribution in [-0.2, 0) is 23.1 Å². The predicted molar refractivity (Wildman–Crippen MR) is 128 cm³/mol. The Morgan fingerprint density at radius 3 is 2.06 bits per heavy atom. The second kappa shape index (κ2) is 10.1. The molecular weight excluding hydrogens is 434 g/mol. The zero-order chi connectivity index (χ0) is 23.1. The largest absolute Gasteiger partial charge is 0.348 e. The van der Waals surface area contributed by atoms with Crippen LogP contribution in [0.2, 0.25) is 0 Å². The number of aromatic nitrogens is 1. The summed E-state index contributed by atoms with van der Waals surface area (Å²) < 4.78 is 28.6. The highest BCUT2D eigenvalue weighted by atomic mass is 32.2. The number of para-hydroxylation sites is 1. The van der Waals surface area contributed by atoms with E-state index in [0.717, 1.165) is 11.1 Å². The summed E-state index contributed by atoms with van der Waals surface area (Å²) in [6.45, 7) is 0.395. The monoisotopic (exact) mass is 457 g/mol. The van der Waals surface area contributed by atoms with Gasteiger partial charge in [0.25, 0.3) is 15.9 Å². The molecule has 1 aromatic heterocycles. The molecule has 166 valence electrons. The Balaban J connectivity index is 1.72. The number of carbonyl (C=O) groups is 1. The number of benzene rings is 3. The molecule has 1 amide bonds. The van der Waals surface area contributed by atoms with Crippen molar-refractivity contribution in [1.82, 2.24) is 10.3 Å². The third kappa shape index (κ3) is 5.27. The predicted octanol–water partition coefficient (Wildman–Crippen LogP) is 4.41. The van der Waals surface area contributed by atoms with Crippen molar-refractivity contribution < 1.29 is 13.2 Å². The zero-order valence-electron chi connectivity index (χ0n) is 17.8. The maximum absolute atomic E-state index is 13.7. The third-order valence-corrected chi connectivity index (χ3v) is 6.89. The Morgan fingerprint density at radius 1 is 0.758 bits per heavy atom. The molecule has 0 aliphatic rings. The van der Waals surface area contributed by atoms with Gasteiger partial charge in [0.05, 0.1) is 22.7 Å². The van der Waals surface area contributed by atoms with Crippen LogP contribution in [-0.4, -0.2) is 19.3 Å². The number of pyridine rings is 1. The van der Waals surface area contributed by atoms with Gasteiger partial charge in [-0.25, -0.2) is 8.42 Å². The summed E-state index contributed by atoms with van der Waals surface area (Å²) in [5.74, 6) is -0.358. The van der Waals surface area contributed by atoms with Crippen molar-refractivity contribution in [2.75, 3.05) is 4.31 Å². The average Bonchev–Trinajstić information content (AvgIpc) is 2.87. The summed E-state index contributed by atoms with van der Waals surface area (Å²) >= 11 is 0. The van der Waals surface area contributed by atoms with Gasteiger partial charge in [-0.15, -0.1) is 0 Å². The molecular formula is C26H23N3O3S. The van der Waals surface area contributed by atoms with Crippen LogP contribution in [0.1, 0.15) is 21.5 Å². The summed E-state index contributed by atoms with van der Waals surface area (Å²) in [5, 5.41) is 2.88. The fourth-order valence-electron chi connectivity index (χ4n) is 3.43. The summed E-state index contributed by atoms with van der Waals surface area (Å²) in [4.78, 5) is 17.2. The Bertz CT molecular complexity index is 1310. The van der Waals surface area contributed by atoms with E-state index in [4.69, 9.17) is 0 Å². The Labute approximate surface area is 193 Å². The molecule has 6 nitrogen and oxygen atoms in total. The van der Waals surface area contributed by atoms with E-state index in [1.807, 2.05) is 42.5 Å². The third-order valence-electron chi connectivity index (χ3n) is 5.12. The van der Waals surface area contributed by atoms with E-state index in [9.17, 15) is 13.2 Å². The minimum absolute atomic E-state index is 0.0900. The van der Waals surface area contributed by atoms with Gasteiger partial charge in [0.15, 0.2) is 0 Å². The molecule has 7 heteroatoms. The molecule has 0 aliphatic heterocycles. The number of nitrogens with one attached hydrogen (secondary N) is 1. The van der Waals surface area contributed by atoms with Crippen LogP contribution in [0.5, 0.6) is 0 Å². The van der Waals surface area contributed by atoms with Crippen molar-refractivity contribution in [3.8, 4) is 0 Å². The number of amides is 1. The molecule has 0 aliphatic carbocycles. The normalized spacial score (nSPS) is 11.0. The van der Waals surface area contributed by atoms with E-state index in [1.54, 1.807) is 67.0 Å². The molecule has 0 saturated carbocycles. The minimum atomic E-state index is -3.93. The van der Waals surface area contributed by atoms with Crippen molar-refractivity contribution in [3.05, 3.63) is 126 Å². The molecule has 0 fully saturated rings. The van der Waals surface area contributed by atoms with Gasteiger partial charge in [-0.05, 0) is 47.5 Å². The average molecular weight is 458 g/mol. The van der Waals surface area contributed by atoms with Crippen molar-refractivity contribution in [3.63, 3.8) is 0 Å². The lowest BCUT2D eigenvalue weighted by atomic mass is 10.1. The van der Waals surface area contributed by atoms with Gasteiger partial charge in [0.1, 0.15) is 0 Å². The summed E-state index contributed by atoms with van der Waals surface area (Å²) in [6, 6.07) is 27.9. The Morgan fingerprint density at radius 2 is 1.36 bits per heavy atom. The molecule has 3 aromatic carbocycles. The molecule has 1 N–H and O–H groups in total. The van der Waals surface area contributed by atoms with E-state index in [0.29, 0.717) is 12.2 Å². The van der Waals surface area contributed by atoms with E-state index in [-0.39, 0.29) is 22.9 Å². The molecule has 0 atom stereocenters. The lowest BCUT2D eigenvalue weighted by molar-refractivity contribution is 0.0951. The standard InChI is InChI=1S/C26H23N3O3S/c30-26(28-19-21-15-17-27-18-16-21)24-13-7-8-14-25(24)29(20-22-9-3-1-4-10-22)33(31,32)23-11-5-2-6-12-23/h1-18H,19-20H2,(H,28,30). The van der Waals surface area contributed by atoms with Crippen LogP contribution in [0.15, 0.2) is 114 Å². The molecule has 0 bridgehead atoms. The van der Waals surface area contributed by atoms with Crippen LogP contribution < -0.4 is 9.62 Å². The number of hydrogen-bond donors (Lipinski definition) is 1. The molecule has 0 radical (unpaired) electrons. The smallest absolute Gasteiger partial charge is 0.264 e. The number of nitrogens with zero attached hydrogens (tertiary/aromatic N) is 2. The second-order valence-electron chi connectivity index (χ2n) is 7.37. The van der Waals surface area contributed by atoms with Crippen LogP contribution in [0.25, 0.3) is 0 Å². The highest BCUT2D eigenvalue weighted by Gasteiger charge is 2.28. The summed E-state index contributed by atoms with van der Waals surface area (Å²) in [6.07, 6.45) is 3.31. The number of carbonyl (C=O) groups excluding carboxylic acids is 1. The quantitative estimate of drug-likeness (QED) is 0.425. The molecule has 0 saturated heterocycles.